The summed E-state index contributed by atoms with van der Waals surface area (Å²) in [5, 5.41) is 8.17. The molecule has 2 aromatic carbocycles. The summed E-state index contributed by atoms with van der Waals surface area (Å²) in [5.74, 6) is 1.01. The highest BCUT2D eigenvalue weighted by atomic mass is 35.5. The van der Waals surface area contributed by atoms with Gasteiger partial charge in [0.05, 0.1) is 11.1 Å². The normalized spacial score (nSPS) is 11.1. The molecule has 0 atom stereocenters. The number of rotatable bonds is 5. The summed E-state index contributed by atoms with van der Waals surface area (Å²) >= 11 is 6.28. The second-order valence-electron chi connectivity index (χ2n) is 6.26. The van der Waals surface area contributed by atoms with Gasteiger partial charge in [0.15, 0.2) is 5.82 Å². The predicted molar refractivity (Wildman–Crippen MR) is 102 cm³/mol. The molecule has 0 spiro atoms. The number of hydrogen-bond acceptors (Lipinski definition) is 7. The molecule has 2 heterocycles. The van der Waals surface area contributed by atoms with Crippen molar-refractivity contribution in [1.29, 1.82) is 0 Å². The highest BCUT2D eigenvalue weighted by Gasteiger charge is 2.14. The van der Waals surface area contributed by atoms with Gasteiger partial charge >= 0.3 is 5.76 Å². The third kappa shape index (κ3) is 3.67. The van der Waals surface area contributed by atoms with Crippen LogP contribution in [0.5, 0.6) is 5.75 Å². The van der Waals surface area contributed by atoms with Crippen LogP contribution < -0.4 is 10.5 Å². The number of ether oxygens (including phenoxy) is 1. The first-order valence-corrected chi connectivity index (χ1v) is 8.84. The number of hydrogen-bond donors (Lipinski definition) is 1. The zero-order valence-electron chi connectivity index (χ0n) is 15.0. The van der Waals surface area contributed by atoms with Crippen molar-refractivity contribution in [3.63, 3.8) is 0 Å². The van der Waals surface area contributed by atoms with Crippen molar-refractivity contribution >= 4 is 11.6 Å². The Bertz CT molecular complexity index is 1180. The number of nitrogens with one attached hydrogen (secondary N) is 1. The van der Waals surface area contributed by atoms with E-state index in [9.17, 15) is 4.79 Å². The summed E-state index contributed by atoms with van der Waals surface area (Å²) in [4.78, 5) is 18.1. The molecular formula is C19H15ClN4O4. The number of halogens is 1. The molecule has 1 N–H and O–H groups in total. The third-order valence-electron chi connectivity index (χ3n) is 3.80. The van der Waals surface area contributed by atoms with E-state index in [0.29, 0.717) is 45.0 Å². The number of nitrogens with zero attached hydrogens (tertiary/aromatic N) is 3. The SMILES string of the molecule is CC(C)Oc1ccc(-c2noc(-c3cccc(-c4noc(=O)[nH]4)c3)n2)cc1Cl. The van der Waals surface area contributed by atoms with Crippen LogP contribution in [0.4, 0.5) is 0 Å². The summed E-state index contributed by atoms with van der Waals surface area (Å²) in [6.07, 6.45) is 0.0204. The maximum absolute atomic E-state index is 11.1. The molecule has 142 valence electrons. The van der Waals surface area contributed by atoms with Gasteiger partial charge in [0.2, 0.25) is 5.82 Å². The molecule has 0 unspecified atom stereocenters. The summed E-state index contributed by atoms with van der Waals surface area (Å²) in [5.41, 5.74) is 2.03. The minimum Gasteiger partial charge on any atom is -0.489 e. The highest BCUT2D eigenvalue weighted by molar-refractivity contribution is 6.32. The lowest BCUT2D eigenvalue weighted by atomic mass is 10.1. The number of H-pyrrole nitrogens is 1. The van der Waals surface area contributed by atoms with Crippen LogP contribution in [-0.4, -0.2) is 26.4 Å². The molecule has 0 amide bonds. The van der Waals surface area contributed by atoms with Crippen LogP contribution in [0.1, 0.15) is 13.8 Å². The molecule has 28 heavy (non-hydrogen) atoms. The molecule has 0 fully saturated rings. The van der Waals surface area contributed by atoms with Gasteiger partial charge in [-0.25, -0.2) is 4.79 Å². The standard InChI is InChI=1S/C19H15ClN4O4/c1-10(2)26-15-7-6-12(9-14(15)20)16-21-18(27-23-16)13-5-3-4-11(8-13)17-22-19(25)28-24-17/h3-10H,1-2H3,(H,22,24,25). The Labute approximate surface area is 164 Å². The van der Waals surface area contributed by atoms with Gasteiger partial charge in [-0.1, -0.05) is 34.0 Å². The lowest BCUT2D eigenvalue weighted by molar-refractivity contribution is 0.242. The molecule has 0 saturated heterocycles. The van der Waals surface area contributed by atoms with Crippen LogP contribution in [0.2, 0.25) is 5.02 Å². The van der Waals surface area contributed by atoms with Gasteiger partial charge in [-0.2, -0.15) is 4.98 Å². The Morgan fingerprint density at radius 2 is 1.86 bits per heavy atom. The van der Waals surface area contributed by atoms with E-state index in [2.05, 4.69) is 24.8 Å². The van der Waals surface area contributed by atoms with Gasteiger partial charge in [-0.3, -0.25) is 9.51 Å². The fourth-order valence-corrected chi connectivity index (χ4v) is 2.83. The number of aromatic amines is 1. The molecule has 9 heteroatoms. The van der Waals surface area contributed by atoms with E-state index in [1.807, 2.05) is 26.0 Å². The Kier molecular flexibility index (Phi) is 4.70. The lowest BCUT2D eigenvalue weighted by Crippen LogP contribution is -2.05. The first-order chi connectivity index (χ1) is 13.5. The molecule has 0 radical (unpaired) electrons. The smallest absolute Gasteiger partial charge is 0.439 e. The molecule has 0 aliphatic heterocycles. The van der Waals surface area contributed by atoms with Crippen LogP contribution in [-0.2, 0) is 0 Å². The Morgan fingerprint density at radius 3 is 2.57 bits per heavy atom. The zero-order valence-corrected chi connectivity index (χ0v) is 15.7. The molecule has 4 aromatic rings. The first kappa shape index (κ1) is 18.0. The molecule has 4 rings (SSSR count). The fourth-order valence-electron chi connectivity index (χ4n) is 2.60. The van der Waals surface area contributed by atoms with E-state index in [4.69, 9.17) is 20.9 Å². The van der Waals surface area contributed by atoms with Crippen molar-refractivity contribution < 1.29 is 13.8 Å². The van der Waals surface area contributed by atoms with Crippen molar-refractivity contribution in [3.8, 4) is 40.0 Å². The van der Waals surface area contributed by atoms with Gasteiger partial charge in [-0.05, 0) is 44.2 Å². The summed E-state index contributed by atoms with van der Waals surface area (Å²) in [6.45, 7) is 3.86. The highest BCUT2D eigenvalue weighted by Crippen LogP contribution is 2.31. The van der Waals surface area contributed by atoms with Crippen molar-refractivity contribution in [2.45, 2.75) is 20.0 Å². The van der Waals surface area contributed by atoms with E-state index in [1.54, 1.807) is 30.3 Å². The van der Waals surface area contributed by atoms with Crippen LogP contribution in [0.15, 0.2) is 56.3 Å². The monoisotopic (exact) mass is 398 g/mol. The Morgan fingerprint density at radius 1 is 1.04 bits per heavy atom. The van der Waals surface area contributed by atoms with Gasteiger partial charge in [0.1, 0.15) is 5.75 Å². The number of benzene rings is 2. The molecule has 2 aromatic heterocycles. The second kappa shape index (κ2) is 7.32. The van der Waals surface area contributed by atoms with Crippen molar-refractivity contribution in [1.82, 2.24) is 20.3 Å². The van der Waals surface area contributed by atoms with Crippen LogP contribution >= 0.6 is 11.6 Å². The van der Waals surface area contributed by atoms with Crippen LogP contribution in [0, 0.1) is 0 Å². The van der Waals surface area contributed by atoms with Gasteiger partial charge in [-0.15, -0.1) is 0 Å². The average molecular weight is 399 g/mol. The summed E-state index contributed by atoms with van der Waals surface area (Å²) in [6, 6.07) is 12.5. The van der Waals surface area contributed by atoms with E-state index in [1.165, 1.54) is 0 Å². The third-order valence-corrected chi connectivity index (χ3v) is 4.10. The molecule has 8 nitrogen and oxygen atoms in total. The van der Waals surface area contributed by atoms with Crippen molar-refractivity contribution in [2.24, 2.45) is 0 Å². The predicted octanol–water partition coefficient (Wildman–Crippen LogP) is 4.19. The zero-order chi connectivity index (χ0) is 19.7. The lowest BCUT2D eigenvalue weighted by Gasteiger charge is -2.11. The molecule has 0 saturated carbocycles. The van der Waals surface area contributed by atoms with E-state index in [0.717, 1.165) is 0 Å². The van der Waals surface area contributed by atoms with E-state index >= 15 is 0 Å². The van der Waals surface area contributed by atoms with Gasteiger partial charge in [0, 0.05) is 16.7 Å². The van der Waals surface area contributed by atoms with Crippen molar-refractivity contribution in [2.75, 3.05) is 0 Å². The Hall–Kier alpha value is -3.39. The minimum atomic E-state index is -0.623. The quantitative estimate of drug-likeness (QED) is 0.537. The average Bonchev–Trinajstić information content (AvgIpc) is 3.33. The maximum atomic E-state index is 11.1. The first-order valence-electron chi connectivity index (χ1n) is 8.46. The van der Waals surface area contributed by atoms with Crippen LogP contribution in [0.25, 0.3) is 34.2 Å². The molecule has 0 aliphatic rings. The molecule has 0 bridgehead atoms. The van der Waals surface area contributed by atoms with E-state index in [-0.39, 0.29) is 6.10 Å². The maximum Gasteiger partial charge on any atom is 0.439 e. The van der Waals surface area contributed by atoms with E-state index < -0.39 is 5.76 Å². The van der Waals surface area contributed by atoms with Crippen LogP contribution in [0.3, 0.4) is 0 Å². The largest absolute Gasteiger partial charge is 0.489 e. The summed E-state index contributed by atoms with van der Waals surface area (Å²) < 4.78 is 15.6. The van der Waals surface area contributed by atoms with Gasteiger partial charge in [0.25, 0.3) is 5.89 Å². The molecular weight excluding hydrogens is 384 g/mol. The van der Waals surface area contributed by atoms with Crippen molar-refractivity contribution in [3.05, 3.63) is 58.0 Å². The fraction of sp³-hybridized carbons (Fsp3) is 0.158. The topological polar surface area (TPSA) is 107 Å². The second-order valence-corrected chi connectivity index (χ2v) is 6.67. The Balaban J connectivity index is 1.63. The molecule has 0 aliphatic carbocycles. The summed E-state index contributed by atoms with van der Waals surface area (Å²) in [7, 11) is 0. The minimum absolute atomic E-state index is 0.0204. The van der Waals surface area contributed by atoms with Gasteiger partial charge < -0.3 is 9.26 Å². The number of aromatic nitrogens is 4.